The first-order valence-corrected chi connectivity index (χ1v) is 12.6. The quantitative estimate of drug-likeness (QED) is 0.518. The van der Waals surface area contributed by atoms with Crippen LogP contribution in [0.2, 0.25) is 0 Å². The van der Waals surface area contributed by atoms with Crippen LogP contribution in [0.5, 0.6) is 0 Å². The largest absolute Gasteiger partial charge is 0.325 e. The number of nitrogens with zero attached hydrogens (tertiary/aromatic N) is 2. The van der Waals surface area contributed by atoms with Crippen LogP contribution < -0.4 is 10.0 Å². The Morgan fingerprint density at radius 2 is 1.73 bits per heavy atom. The summed E-state index contributed by atoms with van der Waals surface area (Å²) in [7, 11) is -3.90. The summed E-state index contributed by atoms with van der Waals surface area (Å²) in [4.78, 5) is 42.1. The maximum atomic E-state index is 13.3. The van der Waals surface area contributed by atoms with Crippen molar-refractivity contribution in [1.29, 1.82) is 0 Å². The number of imide groups is 1. The number of thiophene rings is 1. The van der Waals surface area contributed by atoms with E-state index in [9.17, 15) is 22.8 Å². The summed E-state index contributed by atoms with van der Waals surface area (Å²) in [5.74, 6) is -1.29. The Balaban J connectivity index is 1.61. The van der Waals surface area contributed by atoms with Gasteiger partial charge in [0.2, 0.25) is 15.9 Å². The lowest BCUT2D eigenvalue weighted by Crippen LogP contribution is -2.46. The van der Waals surface area contributed by atoms with Gasteiger partial charge in [-0.15, -0.1) is 11.3 Å². The number of carbonyl (C=O) groups is 3. The first kappa shape index (κ1) is 22.8. The van der Waals surface area contributed by atoms with E-state index >= 15 is 0 Å². The van der Waals surface area contributed by atoms with Gasteiger partial charge in [-0.3, -0.25) is 14.4 Å². The highest BCUT2D eigenvalue weighted by Gasteiger charge is 2.44. The SMILES string of the molecule is NS(=O)(=O)c1ccc(N2C(=O)CC(N(CCc3ccccc3)C(=O)c3cccs3)C2=O)cc1. The standard InChI is InChI=1S/C23H21N3O5S2/c24-33(30,31)18-10-8-17(9-11-18)26-21(27)15-19(22(26)28)25(23(29)20-7-4-14-32-20)13-12-16-5-2-1-3-6-16/h1-11,14,19H,12-13,15H2,(H2,24,30,31). The molecule has 0 aliphatic carbocycles. The van der Waals surface area contributed by atoms with E-state index in [0.29, 0.717) is 11.3 Å². The van der Waals surface area contributed by atoms with Crippen molar-refractivity contribution in [2.45, 2.75) is 23.8 Å². The first-order valence-electron chi connectivity index (χ1n) is 10.1. The molecule has 4 rings (SSSR count). The molecule has 0 saturated carbocycles. The van der Waals surface area contributed by atoms with Crippen LogP contribution in [0.1, 0.15) is 21.7 Å². The molecule has 0 bridgehead atoms. The molecule has 1 atom stereocenters. The van der Waals surface area contributed by atoms with Gasteiger partial charge in [-0.05, 0) is 47.7 Å². The smallest absolute Gasteiger partial charge is 0.264 e. The van der Waals surface area contributed by atoms with E-state index in [1.807, 2.05) is 30.3 Å². The van der Waals surface area contributed by atoms with Gasteiger partial charge in [-0.2, -0.15) is 0 Å². The highest BCUT2D eigenvalue weighted by molar-refractivity contribution is 7.89. The number of hydrogen-bond acceptors (Lipinski definition) is 6. The molecule has 2 heterocycles. The van der Waals surface area contributed by atoms with Crippen molar-refractivity contribution < 1.29 is 22.8 Å². The molecule has 0 radical (unpaired) electrons. The first-order chi connectivity index (χ1) is 15.8. The normalized spacial score (nSPS) is 16.3. The Labute approximate surface area is 195 Å². The molecule has 1 aromatic heterocycles. The fourth-order valence-electron chi connectivity index (χ4n) is 3.75. The van der Waals surface area contributed by atoms with Gasteiger partial charge in [0, 0.05) is 6.54 Å². The second-order valence-corrected chi connectivity index (χ2v) is 10.0. The lowest BCUT2D eigenvalue weighted by Gasteiger charge is -2.27. The van der Waals surface area contributed by atoms with Crippen LogP contribution in [0.15, 0.2) is 77.0 Å². The van der Waals surface area contributed by atoms with Crippen LogP contribution in [0.25, 0.3) is 0 Å². The van der Waals surface area contributed by atoms with Crippen molar-refractivity contribution in [2.75, 3.05) is 11.4 Å². The monoisotopic (exact) mass is 483 g/mol. The molecule has 2 aromatic carbocycles. The summed E-state index contributed by atoms with van der Waals surface area (Å²) in [6, 6.07) is 17.3. The average Bonchev–Trinajstić information content (AvgIpc) is 3.43. The van der Waals surface area contributed by atoms with Gasteiger partial charge in [0.15, 0.2) is 0 Å². The zero-order chi connectivity index (χ0) is 23.6. The zero-order valence-corrected chi connectivity index (χ0v) is 19.1. The number of sulfonamides is 1. The van der Waals surface area contributed by atoms with Crippen LogP contribution in [0, 0.1) is 0 Å². The molecule has 1 fully saturated rings. The summed E-state index contributed by atoms with van der Waals surface area (Å²) < 4.78 is 23.0. The Morgan fingerprint density at radius 3 is 2.33 bits per heavy atom. The van der Waals surface area contributed by atoms with Crippen molar-refractivity contribution in [3.05, 3.63) is 82.6 Å². The van der Waals surface area contributed by atoms with Gasteiger partial charge < -0.3 is 4.90 Å². The molecule has 10 heteroatoms. The molecule has 1 saturated heterocycles. The molecule has 1 aliphatic rings. The van der Waals surface area contributed by atoms with Crippen molar-refractivity contribution in [1.82, 2.24) is 4.90 Å². The number of primary sulfonamides is 1. The molecule has 2 N–H and O–H groups in total. The van der Waals surface area contributed by atoms with Crippen LogP contribution in [0.3, 0.4) is 0 Å². The fraction of sp³-hybridized carbons (Fsp3) is 0.174. The van der Waals surface area contributed by atoms with Crippen LogP contribution in [-0.2, 0) is 26.0 Å². The van der Waals surface area contributed by atoms with E-state index in [1.165, 1.54) is 40.5 Å². The summed E-state index contributed by atoms with van der Waals surface area (Å²) in [6.07, 6.45) is 0.376. The number of hydrogen-bond donors (Lipinski definition) is 1. The van der Waals surface area contributed by atoms with Crippen molar-refractivity contribution in [3.63, 3.8) is 0 Å². The minimum absolute atomic E-state index is 0.126. The summed E-state index contributed by atoms with van der Waals surface area (Å²) in [6.45, 7) is 0.266. The van der Waals surface area contributed by atoms with Gasteiger partial charge in [0.25, 0.3) is 11.8 Å². The molecular weight excluding hydrogens is 462 g/mol. The van der Waals surface area contributed by atoms with E-state index in [2.05, 4.69) is 0 Å². The molecule has 3 amide bonds. The molecule has 0 spiro atoms. The van der Waals surface area contributed by atoms with E-state index in [1.54, 1.807) is 17.5 Å². The summed E-state index contributed by atoms with van der Waals surface area (Å²) in [5.41, 5.74) is 1.24. The highest BCUT2D eigenvalue weighted by atomic mass is 32.2. The van der Waals surface area contributed by atoms with Crippen molar-refractivity contribution in [2.24, 2.45) is 5.14 Å². The third-order valence-electron chi connectivity index (χ3n) is 5.40. The fourth-order valence-corrected chi connectivity index (χ4v) is 4.94. The third kappa shape index (κ3) is 4.87. The topological polar surface area (TPSA) is 118 Å². The molecule has 1 aliphatic heterocycles. The van der Waals surface area contributed by atoms with Crippen molar-refractivity contribution in [3.8, 4) is 0 Å². The van der Waals surface area contributed by atoms with E-state index in [0.717, 1.165) is 10.5 Å². The molecule has 8 nitrogen and oxygen atoms in total. The Morgan fingerprint density at radius 1 is 1.03 bits per heavy atom. The molecule has 1 unspecified atom stereocenters. The van der Waals surface area contributed by atoms with Crippen LogP contribution >= 0.6 is 11.3 Å². The number of anilines is 1. The molecule has 170 valence electrons. The van der Waals surface area contributed by atoms with Gasteiger partial charge in [0.05, 0.1) is 21.9 Å². The van der Waals surface area contributed by atoms with E-state index < -0.39 is 27.9 Å². The van der Waals surface area contributed by atoms with Gasteiger partial charge in [-0.1, -0.05) is 36.4 Å². The minimum atomic E-state index is -3.90. The number of nitrogens with two attached hydrogens (primary N) is 1. The number of rotatable bonds is 7. The van der Waals surface area contributed by atoms with Gasteiger partial charge in [-0.25, -0.2) is 18.5 Å². The van der Waals surface area contributed by atoms with Gasteiger partial charge >= 0.3 is 0 Å². The Kier molecular flexibility index (Phi) is 6.41. The average molecular weight is 484 g/mol. The highest BCUT2D eigenvalue weighted by Crippen LogP contribution is 2.28. The Hall–Kier alpha value is -3.34. The lowest BCUT2D eigenvalue weighted by atomic mass is 10.1. The second kappa shape index (κ2) is 9.26. The summed E-state index contributed by atoms with van der Waals surface area (Å²) in [5, 5.41) is 6.90. The number of benzene rings is 2. The maximum absolute atomic E-state index is 13.3. The molecule has 3 aromatic rings. The molecule has 33 heavy (non-hydrogen) atoms. The van der Waals surface area contributed by atoms with E-state index in [-0.39, 0.29) is 29.5 Å². The second-order valence-electron chi connectivity index (χ2n) is 7.54. The lowest BCUT2D eigenvalue weighted by molar-refractivity contribution is -0.122. The summed E-state index contributed by atoms with van der Waals surface area (Å²) >= 11 is 1.27. The third-order valence-corrected chi connectivity index (χ3v) is 7.19. The number of carbonyl (C=O) groups excluding carboxylic acids is 3. The Bertz CT molecular complexity index is 1270. The van der Waals surface area contributed by atoms with Gasteiger partial charge in [0.1, 0.15) is 6.04 Å². The predicted octanol–water partition coefficient (Wildman–Crippen LogP) is 2.41. The molecular formula is C23H21N3O5S2. The van der Waals surface area contributed by atoms with Crippen molar-refractivity contribution >= 4 is 44.8 Å². The van der Waals surface area contributed by atoms with Crippen LogP contribution in [0.4, 0.5) is 5.69 Å². The van der Waals surface area contributed by atoms with E-state index in [4.69, 9.17) is 5.14 Å². The maximum Gasteiger partial charge on any atom is 0.264 e. The van der Waals surface area contributed by atoms with Crippen LogP contribution in [-0.4, -0.2) is 43.6 Å². The minimum Gasteiger partial charge on any atom is -0.325 e. The number of amides is 3. The predicted molar refractivity (Wildman–Crippen MR) is 124 cm³/mol. The zero-order valence-electron chi connectivity index (χ0n) is 17.5.